The van der Waals surface area contributed by atoms with E-state index in [1.54, 1.807) is 74.5 Å². The van der Waals surface area contributed by atoms with E-state index in [9.17, 15) is 9.59 Å². The molecule has 0 unspecified atom stereocenters. The quantitative estimate of drug-likeness (QED) is 0.274. The van der Waals surface area contributed by atoms with E-state index >= 15 is 0 Å². The fourth-order valence-electron chi connectivity index (χ4n) is 4.15. The Labute approximate surface area is 230 Å². The van der Waals surface area contributed by atoms with E-state index in [1.165, 1.54) is 15.9 Å². The number of furan rings is 1. The number of fused-ring (bicyclic) bond motifs is 1. The third-order valence-electron chi connectivity index (χ3n) is 5.82. The zero-order valence-corrected chi connectivity index (χ0v) is 22.7. The lowest BCUT2D eigenvalue weighted by molar-refractivity contribution is -0.139. The van der Waals surface area contributed by atoms with Gasteiger partial charge < -0.3 is 9.15 Å². The van der Waals surface area contributed by atoms with Crippen molar-refractivity contribution < 1.29 is 13.9 Å². The number of hydrogen-bond acceptors (Lipinski definition) is 6. The van der Waals surface area contributed by atoms with E-state index in [1.807, 2.05) is 0 Å². The second kappa shape index (κ2) is 10.3. The summed E-state index contributed by atoms with van der Waals surface area (Å²) < 4.78 is 13.2. The lowest BCUT2D eigenvalue weighted by atomic mass is 9.96. The number of benzene rings is 2. The lowest BCUT2D eigenvalue weighted by Crippen LogP contribution is -2.39. The van der Waals surface area contributed by atoms with Gasteiger partial charge in [0.15, 0.2) is 4.80 Å². The monoisotopic (exact) mass is 572 g/mol. The van der Waals surface area contributed by atoms with E-state index in [-0.39, 0.29) is 12.2 Å². The molecule has 0 amide bonds. The summed E-state index contributed by atoms with van der Waals surface area (Å²) in [6.07, 6.45) is 1.65. The van der Waals surface area contributed by atoms with Gasteiger partial charge in [-0.3, -0.25) is 9.36 Å². The number of allylic oxidation sites excluding steroid dienone is 1. The summed E-state index contributed by atoms with van der Waals surface area (Å²) in [5, 5.41) is 1.35. The highest BCUT2D eigenvalue weighted by atomic mass is 35.5. The van der Waals surface area contributed by atoms with Crippen molar-refractivity contribution in [2.24, 2.45) is 4.99 Å². The Morgan fingerprint density at radius 3 is 2.62 bits per heavy atom. The molecule has 188 valence electrons. The molecule has 37 heavy (non-hydrogen) atoms. The van der Waals surface area contributed by atoms with Gasteiger partial charge in [-0.1, -0.05) is 64.3 Å². The Bertz CT molecular complexity index is 1730. The molecule has 6 nitrogen and oxygen atoms in total. The van der Waals surface area contributed by atoms with Crippen LogP contribution in [0.3, 0.4) is 0 Å². The number of nitrogens with zero attached hydrogens (tertiary/aromatic N) is 2. The smallest absolute Gasteiger partial charge is 0.338 e. The predicted molar refractivity (Wildman–Crippen MR) is 146 cm³/mol. The van der Waals surface area contributed by atoms with Gasteiger partial charge in [0.1, 0.15) is 11.5 Å². The Hall–Kier alpha value is -3.10. The van der Waals surface area contributed by atoms with Gasteiger partial charge in [0.2, 0.25) is 0 Å². The van der Waals surface area contributed by atoms with E-state index in [2.05, 4.69) is 4.99 Å². The zero-order chi connectivity index (χ0) is 26.3. The molecule has 0 radical (unpaired) electrons. The average molecular weight is 574 g/mol. The van der Waals surface area contributed by atoms with Crippen LogP contribution in [0, 0.1) is 0 Å². The van der Waals surface area contributed by atoms with Crippen molar-refractivity contribution in [2.75, 3.05) is 6.61 Å². The maximum Gasteiger partial charge on any atom is 0.338 e. The molecule has 1 atom stereocenters. The third-order valence-corrected chi connectivity index (χ3v) is 7.87. The van der Waals surface area contributed by atoms with E-state index in [0.717, 1.165) is 0 Å². The van der Waals surface area contributed by atoms with Crippen LogP contribution in [0.4, 0.5) is 0 Å². The van der Waals surface area contributed by atoms with Crippen LogP contribution < -0.4 is 14.9 Å². The fourth-order valence-corrected chi connectivity index (χ4v) is 5.70. The summed E-state index contributed by atoms with van der Waals surface area (Å²) in [6, 6.07) is 15.1. The Balaban J connectivity index is 1.64. The molecule has 1 aliphatic rings. The topological polar surface area (TPSA) is 73.8 Å². The van der Waals surface area contributed by atoms with Crippen LogP contribution in [0.5, 0.6) is 0 Å². The molecule has 1 aliphatic heterocycles. The molecule has 0 N–H and O–H groups in total. The molecule has 0 saturated carbocycles. The predicted octanol–water partition coefficient (Wildman–Crippen LogP) is 6.02. The van der Waals surface area contributed by atoms with Crippen molar-refractivity contribution in [3.05, 3.63) is 112 Å². The molecule has 0 bridgehead atoms. The van der Waals surface area contributed by atoms with Gasteiger partial charge in [-0.25, -0.2) is 9.79 Å². The van der Waals surface area contributed by atoms with Crippen molar-refractivity contribution in [1.29, 1.82) is 0 Å². The number of thiazole rings is 1. The van der Waals surface area contributed by atoms with Gasteiger partial charge in [-0.15, -0.1) is 0 Å². The van der Waals surface area contributed by atoms with Gasteiger partial charge in [0, 0.05) is 16.7 Å². The number of esters is 1. The van der Waals surface area contributed by atoms with Gasteiger partial charge in [0.25, 0.3) is 5.56 Å². The van der Waals surface area contributed by atoms with Crippen LogP contribution in [0.1, 0.15) is 31.2 Å². The van der Waals surface area contributed by atoms with Crippen LogP contribution in [0.15, 0.2) is 80.1 Å². The highest BCUT2D eigenvalue weighted by Gasteiger charge is 2.33. The van der Waals surface area contributed by atoms with Crippen molar-refractivity contribution in [2.45, 2.75) is 19.9 Å². The Morgan fingerprint density at radius 1 is 1.14 bits per heavy atom. The molecule has 4 aromatic rings. The van der Waals surface area contributed by atoms with E-state index in [4.69, 9.17) is 44.0 Å². The SMILES string of the molecule is CCOC(=O)C1=C(C)N=c2s/c(=C/c3ccc(-c4cccc(Cl)c4Cl)o3)c(=O)n2[C@H]1c1ccc(Cl)cc1. The third kappa shape index (κ3) is 4.80. The van der Waals surface area contributed by atoms with Crippen molar-refractivity contribution in [1.82, 2.24) is 4.57 Å². The molecule has 0 aliphatic carbocycles. The number of carbonyl (C=O) groups excluding carboxylic acids is 1. The second-order valence-corrected chi connectivity index (χ2v) is 10.4. The molecule has 0 saturated heterocycles. The molecular weight excluding hydrogens is 555 g/mol. The summed E-state index contributed by atoms with van der Waals surface area (Å²) in [5.41, 5.74) is 1.84. The fraction of sp³-hybridized carbons (Fsp3) is 0.148. The van der Waals surface area contributed by atoms with Gasteiger partial charge in [0.05, 0.1) is 38.5 Å². The van der Waals surface area contributed by atoms with Crippen LogP contribution in [-0.2, 0) is 9.53 Å². The first-order chi connectivity index (χ1) is 17.8. The maximum atomic E-state index is 13.7. The highest BCUT2D eigenvalue weighted by molar-refractivity contribution is 7.07. The first-order valence-corrected chi connectivity index (χ1v) is 13.2. The minimum Gasteiger partial charge on any atom is -0.463 e. The Morgan fingerprint density at radius 2 is 1.89 bits per heavy atom. The second-order valence-electron chi connectivity index (χ2n) is 8.16. The summed E-state index contributed by atoms with van der Waals surface area (Å²) >= 11 is 19.8. The number of halogens is 3. The Kier molecular flexibility index (Phi) is 7.14. The number of rotatable bonds is 5. The standard InChI is InChI=1S/C27H19Cl3N2O4S/c1-3-35-26(34)22-14(2)31-27-32(24(22)15-7-9-16(28)10-8-15)25(33)21(37-27)13-17-11-12-20(36-17)18-5-4-6-19(29)23(18)30/h4-13,24H,3H2,1-2H3/b21-13+/t24-/m0/s1. The van der Waals surface area contributed by atoms with Crippen molar-refractivity contribution >= 4 is 58.2 Å². The molecule has 0 fully saturated rings. The van der Waals surface area contributed by atoms with Crippen LogP contribution in [0.2, 0.25) is 15.1 Å². The number of aromatic nitrogens is 1. The first-order valence-electron chi connectivity index (χ1n) is 11.3. The number of carbonyl (C=O) groups is 1. The molecular formula is C27H19Cl3N2O4S. The number of ether oxygens (including phenoxy) is 1. The van der Waals surface area contributed by atoms with Crippen molar-refractivity contribution in [3.8, 4) is 11.3 Å². The van der Waals surface area contributed by atoms with Crippen LogP contribution >= 0.6 is 46.1 Å². The highest BCUT2D eigenvalue weighted by Crippen LogP contribution is 2.34. The molecule has 3 heterocycles. The van der Waals surface area contributed by atoms with Gasteiger partial charge in [-0.05, 0) is 55.8 Å². The van der Waals surface area contributed by atoms with E-state index < -0.39 is 12.0 Å². The lowest BCUT2D eigenvalue weighted by Gasteiger charge is -2.24. The largest absolute Gasteiger partial charge is 0.463 e. The number of hydrogen-bond donors (Lipinski definition) is 0. The van der Waals surface area contributed by atoms with Crippen molar-refractivity contribution in [3.63, 3.8) is 0 Å². The minimum atomic E-state index is -0.716. The summed E-state index contributed by atoms with van der Waals surface area (Å²) in [5.74, 6) is 0.457. The molecule has 2 aromatic heterocycles. The van der Waals surface area contributed by atoms with Crippen LogP contribution in [0.25, 0.3) is 17.4 Å². The van der Waals surface area contributed by atoms with Gasteiger partial charge in [-0.2, -0.15) is 0 Å². The summed E-state index contributed by atoms with van der Waals surface area (Å²) in [7, 11) is 0. The van der Waals surface area contributed by atoms with E-state index in [0.29, 0.717) is 58.3 Å². The van der Waals surface area contributed by atoms with Gasteiger partial charge >= 0.3 is 5.97 Å². The summed E-state index contributed by atoms with van der Waals surface area (Å²) in [4.78, 5) is 31.7. The molecule has 2 aromatic carbocycles. The summed E-state index contributed by atoms with van der Waals surface area (Å²) in [6.45, 7) is 3.67. The first kappa shape index (κ1) is 25.5. The normalized spacial score (nSPS) is 15.5. The zero-order valence-electron chi connectivity index (χ0n) is 19.6. The molecule has 10 heteroatoms. The molecule has 0 spiro atoms. The average Bonchev–Trinajstić information content (AvgIpc) is 3.45. The minimum absolute atomic E-state index is 0.199. The molecule has 5 rings (SSSR count). The van der Waals surface area contributed by atoms with Crippen LogP contribution in [-0.4, -0.2) is 17.1 Å². The maximum absolute atomic E-state index is 13.7.